The van der Waals surface area contributed by atoms with E-state index in [0.29, 0.717) is 19.3 Å². The smallest absolute Gasteiger partial charge is 0.306 e. The predicted octanol–water partition coefficient (Wildman–Crippen LogP) is 14.1. The minimum absolute atomic E-state index is 0.0915. The molecule has 6 nitrogen and oxygen atoms in total. The molecule has 0 aromatic carbocycles. The number of hydrogen-bond donors (Lipinski definition) is 0. The van der Waals surface area contributed by atoms with Gasteiger partial charge in [-0.1, -0.05) is 171 Å². The average molecular weight is 755 g/mol. The summed E-state index contributed by atoms with van der Waals surface area (Å²) in [6.45, 7) is 6.34. The van der Waals surface area contributed by atoms with Crippen LogP contribution in [0.5, 0.6) is 0 Å². The van der Waals surface area contributed by atoms with E-state index < -0.39 is 6.10 Å². The number of rotatable bonds is 39. The SMILES string of the molecule is CC/C=C\C/C=C\C/C=C\CCCCC(=O)OC(COC(=O)CCCCCCCCC/C=C\C/C=C\CC)COC(=O)CCCCCCCCCCCC. The lowest BCUT2D eigenvalue weighted by Gasteiger charge is -2.18. The molecule has 0 bridgehead atoms. The highest BCUT2D eigenvalue weighted by Gasteiger charge is 2.19. The normalized spacial score (nSPS) is 12.6. The van der Waals surface area contributed by atoms with Crippen LogP contribution < -0.4 is 0 Å². The zero-order valence-electron chi connectivity index (χ0n) is 35.2. The van der Waals surface area contributed by atoms with Crippen molar-refractivity contribution in [1.82, 2.24) is 0 Å². The maximum Gasteiger partial charge on any atom is 0.306 e. The highest BCUT2D eigenvalue weighted by atomic mass is 16.6. The summed E-state index contributed by atoms with van der Waals surface area (Å²) < 4.78 is 16.6. The molecular formula is C48H82O6. The first kappa shape index (κ1) is 51.1. The van der Waals surface area contributed by atoms with Crippen LogP contribution in [0.3, 0.4) is 0 Å². The molecule has 0 N–H and O–H groups in total. The maximum absolute atomic E-state index is 12.7. The third-order valence-corrected chi connectivity index (χ3v) is 9.27. The van der Waals surface area contributed by atoms with Crippen LogP contribution >= 0.6 is 0 Å². The molecule has 0 amide bonds. The van der Waals surface area contributed by atoms with E-state index >= 15 is 0 Å². The van der Waals surface area contributed by atoms with Crippen LogP contribution in [0.4, 0.5) is 0 Å². The van der Waals surface area contributed by atoms with Crippen molar-refractivity contribution >= 4 is 17.9 Å². The summed E-state index contributed by atoms with van der Waals surface area (Å²) in [4.78, 5) is 37.7. The predicted molar refractivity (Wildman–Crippen MR) is 228 cm³/mol. The van der Waals surface area contributed by atoms with E-state index in [-0.39, 0.29) is 37.5 Å². The van der Waals surface area contributed by atoms with Crippen molar-refractivity contribution in [3.8, 4) is 0 Å². The lowest BCUT2D eigenvalue weighted by Crippen LogP contribution is -2.30. The van der Waals surface area contributed by atoms with Crippen LogP contribution in [0.15, 0.2) is 60.8 Å². The maximum atomic E-state index is 12.7. The number of esters is 3. The van der Waals surface area contributed by atoms with Gasteiger partial charge < -0.3 is 14.2 Å². The molecule has 0 spiro atoms. The topological polar surface area (TPSA) is 78.9 Å². The summed E-state index contributed by atoms with van der Waals surface area (Å²) in [5.74, 6) is -0.946. The molecule has 54 heavy (non-hydrogen) atoms. The molecular weight excluding hydrogens is 673 g/mol. The molecule has 6 heteroatoms. The van der Waals surface area contributed by atoms with Gasteiger partial charge in [0.15, 0.2) is 6.10 Å². The van der Waals surface area contributed by atoms with Crippen LogP contribution in [0.2, 0.25) is 0 Å². The second-order valence-electron chi connectivity index (χ2n) is 14.5. The Morgan fingerprint density at radius 2 is 0.722 bits per heavy atom. The fraction of sp³-hybridized carbons (Fsp3) is 0.729. The molecule has 1 atom stereocenters. The van der Waals surface area contributed by atoms with Gasteiger partial charge in [-0.05, 0) is 77.0 Å². The lowest BCUT2D eigenvalue weighted by atomic mass is 10.1. The summed E-state index contributed by atoms with van der Waals surface area (Å²) in [5.41, 5.74) is 0. The molecule has 0 aromatic rings. The number of unbranched alkanes of at least 4 members (excludes halogenated alkanes) is 18. The second-order valence-corrected chi connectivity index (χ2v) is 14.5. The van der Waals surface area contributed by atoms with Crippen molar-refractivity contribution in [2.45, 2.75) is 213 Å². The summed E-state index contributed by atoms with van der Waals surface area (Å²) in [6, 6.07) is 0. The van der Waals surface area contributed by atoms with Gasteiger partial charge in [-0.15, -0.1) is 0 Å². The molecule has 0 aliphatic carbocycles. The molecule has 0 saturated carbocycles. The first-order valence-corrected chi connectivity index (χ1v) is 22.3. The Bertz CT molecular complexity index is 1010. The van der Waals surface area contributed by atoms with Crippen LogP contribution in [0, 0.1) is 0 Å². The number of carbonyl (C=O) groups excluding carboxylic acids is 3. The Labute approximate surface area is 332 Å². The highest BCUT2D eigenvalue weighted by molar-refractivity contribution is 5.71. The summed E-state index contributed by atoms with van der Waals surface area (Å²) in [6.07, 6.45) is 50.6. The molecule has 1 unspecified atom stereocenters. The van der Waals surface area contributed by atoms with Crippen LogP contribution in [-0.4, -0.2) is 37.2 Å². The third kappa shape index (κ3) is 40.3. The molecule has 0 rings (SSSR count). The van der Waals surface area contributed by atoms with Crippen molar-refractivity contribution in [2.75, 3.05) is 13.2 Å². The third-order valence-electron chi connectivity index (χ3n) is 9.27. The summed E-state index contributed by atoms with van der Waals surface area (Å²) in [5, 5.41) is 0. The van der Waals surface area contributed by atoms with Gasteiger partial charge in [-0.3, -0.25) is 14.4 Å². The van der Waals surface area contributed by atoms with E-state index in [9.17, 15) is 14.4 Å². The van der Waals surface area contributed by atoms with Gasteiger partial charge in [0, 0.05) is 19.3 Å². The highest BCUT2D eigenvalue weighted by Crippen LogP contribution is 2.13. The first-order chi connectivity index (χ1) is 26.5. The first-order valence-electron chi connectivity index (χ1n) is 22.3. The van der Waals surface area contributed by atoms with Gasteiger partial charge in [0.1, 0.15) is 13.2 Å². The van der Waals surface area contributed by atoms with Crippen molar-refractivity contribution < 1.29 is 28.6 Å². The minimum atomic E-state index is -0.792. The fourth-order valence-electron chi connectivity index (χ4n) is 5.96. The quantitative estimate of drug-likeness (QED) is 0.0269. The Morgan fingerprint density at radius 1 is 0.389 bits per heavy atom. The zero-order chi connectivity index (χ0) is 39.4. The van der Waals surface area contributed by atoms with Gasteiger partial charge in [0.05, 0.1) is 0 Å². The molecule has 0 aromatic heterocycles. The minimum Gasteiger partial charge on any atom is -0.462 e. The molecule has 0 heterocycles. The Balaban J connectivity index is 4.43. The van der Waals surface area contributed by atoms with Gasteiger partial charge in [-0.25, -0.2) is 0 Å². The van der Waals surface area contributed by atoms with Crippen molar-refractivity contribution in [1.29, 1.82) is 0 Å². The Morgan fingerprint density at radius 3 is 1.17 bits per heavy atom. The average Bonchev–Trinajstić information content (AvgIpc) is 3.17. The number of hydrogen-bond acceptors (Lipinski definition) is 6. The second kappa shape index (κ2) is 42.8. The zero-order valence-corrected chi connectivity index (χ0v) is 35.2. The van der Waals surface area contributed by atoms with E-state index in [1.54, 1.807) is 0 Å². The molecule has 0 radical (unpaired) electrons. The van der Waals surface area contributed by atoms with Crippen molar-refractivity contribution in [2.24, 2.45) is 0 Å². The summed E-state index contributed by atoms with van der Waals surface area (Å²) >= 11 is 0. The van der Waals surface area contributed by atoms with Crippen molar-refractivity contribution in [3.05, 3.63) is 60.8 Å². The molecule has 0 saturated heterocycles. The van der Waals surface area contributed by atoms with E-state index in [2.05, 4.69) is 81.5 Å². The Hall–Kier alpha value is -2.89. The van der Waals surface area contributed by atoms with E-state index in [1.807, 2.05) is 0 Å². The molecule has 0 aliphatic rings. The molecule has 310 valence electrons. The fourth-order valence-corrected chi connectivity index (χ4v) is 5.96. The molecule has 0 fully saturated rings. The van der Waals surface area contributed by atoms with E-state index in [0.717, 1.165) is 89.9 Å². The monoisotopic (exact) mass is 755 g/mol. The number of allylic oxidation sites excluding steroid dienone is 10. The standard InChI is InChI=1S/C48H82O6/c1-4-7-10-13-16-19-22-24-25-27-29-32-35-38-41-47(50)53-44-45(43-52-46(49)40-37-34-31-28-21-18-15-12-9-6-3)54-48(51)42-39-36-33-30-26-23-20-17-14-11-8-5-2/h7-8,10-11,16-17,19-20,26,30,45H,4-6,9,12-15,18,21-25,27-29,31-44H2,1-3H3/b10-7-,11-8-,19-16-,20-17-,30-26-. The van der Waals surface area contributed by atoms with Gasteiger partial charge in [-0.2, -0.15) is 0 Å². The Kier molecular flexibility index (Phi) is 40.6. The van der Waals surface area contributed by atoms with Crippen LogP contribution in [-0.2, 0) is 28.6 Å². The van der Waals surface area contributed by atoms with E-state index in [4.69, 9.17) is 14.2 Å². The molecule has 0 aliphatic heterocycles. The van der Waals surface area contributed by atoms with Gasteiger partial charge in [0.25, 0.3) is 0 Å². The van der Waals surface area contributed by atoms with Crippen molar-refractivity contribution in [3.63, 3.8) is 0 Å². The number of carbonyl (C=O) groups is 3. The lowest BCUT2D eigenvalue weighted by molar-refractivity contribution is -0.167. The van der Waals surface area contributed by atoms with Crippen LogP contribution in [0.25, 0.3) is 0 Å². The van der Waals surface area contributed by atoms with Crippen LogP contribution in [0.1, 0.15) is 207 Å². The summed E-state index contributed by atoms with van der Waals surface area (Å²) in [7, 11) is 0. The van der Waals surface area contributed by atoms with E-state index in [1.165, 1.54) is 70.6 Å². The van der Waals surface area contributed by atoms with Gasteiger partial charge >= 0.3 is 17.9 Å². The van der Waals surface area contributed by atoms with Gasteiger partial charge in [0.2, 0.25) is 0 Å². The number of ether oxygens (including phenoxy) is 3. The largest absolute Gasteiger partial charge is 0.462 e.